The fourth-order valence-corrected chi connectivity index (χ4v) is 4.21. The maximum Gasteiger partial charge on any atom is 0.344 e. The lowest BCUT2D eigenvalue weighted by Gasteiger charge is -2.31. The molecule has 0 spiro atoms. The molecule has 4 rings (SSSR count). The monoisotopic (exact) mass is 363 g/mol. The van der Waals surface area contributed by atoms with E-state index in [9.17, 15) is 9.90 Å². The summed E-state index contributed by atoms with van der Waals surface area (Å²) in [6.07, 6.45) is 2.40. The molecule has 1 saturated heterocycles. The molecule has 1 aromatic heterocycles. The first kappa shape index (κ1) is 17.8. The predicted molar refractivity (Wildman–Crippen MR) is 108 cm³/mol. The van der Waals surface area contributed by atoms with Crippen LogP contribution in [0.4, 0.5) is 0 Å². The zero-order valence-electron chi connectivity index (χ0n) is 15.9. The first-order valence-corrected chi connectivity index (χ1v) is 9.60. The number of rotatable bonds is 3. The van der Waals surface area contributed by atoms with E-state index >= 15 is 0 Å². The number of phenolic OH excluding ortho intramolecular Hbond substituents is 1. The number of aromatic hydroxyl groups is 1. The molecule has 1 fully saturated rings. The maximum atomic E-state index is 12.8. The molecule has 0 radical (unpaired) electrons. The van der Waals surface area contributed by atoms with E-state index in [1.165, 1.54) is 6.42 Å². The Labute approximate surface area is 159 Å². The van der Waals surface area contributed by atoms with Crippen molar-refractivity contribution in [3.8, 4) is 16.9 Å². The van der Waals surface area contributed by atoms with E-state index in [1.807, 2.05) is 43.3 Å². The van der Waals surface area contributed by atoms with Gasteiger partial charge in [-0.3, -0.25) is 4.90 Å². The first-order valence-electron chi connectivity index (χ1n) is 9.60. The van der Waals surface area contributed by atoms with Crippen molar-refractivity contribution in [1.29, 1.82) is 0 Å². The van der Waals surface area contributed by atoms with Gasteiger partial charge in [-0.05, 0) is 55.5 Å². The number of likely N-dealkylation sites (tertiary alicyclic amines) is 1. The molecule has 1 N–H and O–H groups in total. The van der Waals surface area contributed by atoms with Gasteiger partial charge >= 0.3 is 5.63 Å². The van der Waals surface area contributed by atoms with Gasteiger partial charge in [-0.25, -0.2) is 4.79 Å². The van der Waals surface area contributed by atoms with Crippen LogP contribution in [0.5, 0.6) is 5.75 Å². The number of aryl methyl sites for hydroxylation is 1. The number of fused-ring (bicyclic) bond motifs is 1. The quantitative estimate of drug-likeness (QED) is 0.685. The molecule has 27 heavy (non-hydrogen) atoms. The van der Waals surface area contributed by atoms with Crippen molar-refractivity contribution in [2.75, 3.05) is 13.1 Å². The van der Waals surface area contributed by atoms with E-state index in [4.69, 9.17) is 4.42 Å². The standard InChI is InChI=1S/C23H25NO3/c1-15-7-6-12-24(13-15)14-19-20(25)11-10-18-16(2)21(23(26)27-22(18)19)17-8-4-3-5-9-17/h3-5,8-11,15,25H,6-7,12-14H2,1-2H3. The van der Waals surface area contributed by atoms with E-state index in [1.54, 1.807) is 6.07 Å². The summed E-state index contributed by atoms with van der Waals surface area (Å²) in [5.41, 5.74) is 3.19. The van der Waals surface area contributed by atoms with E-state index in [0.29, 0.717) is 29.2 Å². The van der Waals surface area contributed by atoms with Gasteiger partial charge in [0.15, 0.2) is 0 Å². The molecule has 2 aromatic carbocycles. The van der Waals surface area contributed by atoms with Crippen molar-refractivity contribution in [2.45, 2.75) is 33.2 Å². The van der Waals surface area contributed by atoms with Gasteiger partial charge in [0.05, 0.1) is 11.1 Å². The Morgan fingerprint density at radius 2 is 1.96 bits per heavy atom. The van der Waals surface area contributed by atoms with Crippen LogP contribution in [0.3, 0.4) is 0 Å². The third-order valence-corrected chi connectivity index (χ3v) is 5.60. The van der Waals surface area contributed by atoms with Crippen LogP contribution in [0.2, 0.25) is 0 Å². The van der Waals surface area contributed by atoms with Crippen LogP contribution in [0.25, 0.3) is 22.1 Å². The Morgan fingerprint density at radius 1 is 1.19 bits per heavy atom. The summed E-state index contributed by atoms with van der Waals surface area (Å²) in [4.78, 5) is 15.1. The van der Waals surface area contributed by atoms with Crippen LogP contribution in [-0.2, 0) is 6.54 Å². The van der Waals surface area contributed by atoms with Gasteiger partial charge < -0.3 is 9.52 Å². The molecule has 140 valence electrons. The Kier molecular flexibility index (Phi) is 4.75. The third-order valence-electron chi connectivity index (χ3n) is 5.60. The van der Waals surface area contributed by atoms with Crippen molar-refractivity contribution < 1.29 is 9.52 Å². The molecule has 4 heteroatoms. The van der Waals surface area contributed by atoms with Gasteiger partial charge in [-0.15, -0.1) is 0 Å². The minimum absolute atomic E-state index is 0.190. The summed E-state index contributed by atoms with van der Waals surface area (Å²) < 4.78 is 5.77. The third kappa shape index (κ3) is 3.37. The van der Waals surface area contributed by atoms with Crippen LogP contribution in [0.15, 0.2) is 51.7 Å². The van der Waals surface area contributed by atoms with Crippen LogP contribution in [-0.4, -0.2) is 23.1 Å². The fourth-order valence-electron chi connectivity index (χ4n) is 4.21. The molecule has 0 saturated carbocycles. The summed E-state index contributed by atoms with van der Waals surface area (Å²) in [5, 5.41) is 11.4. The SMILES string of the molecule is Cc1c(-c2ccccc2)c(=O)oc2c(CN3CCCC(C)C3)c(O)ccc12. The highest BCUT2D eigenvalue weighted by Crippen LogP contribution is 2.33. The Bertz CT molecular complexity index is 1020. The molecule has 0 bridgehead atoms. The van der Waals surface area contributed by atoms with Gasteiger partial charge in [-0.1, -0.05) is 37.3 Å². The first-order chi connectivity index (χ1) is 13.0. The molecular formula is C23H25NO3. The van der Waals surface area contributed by atoms with Crippen molar-refractivity contribution >= 4 is 11.0 Å². The zero-order valence-corrected chi connectivity index (χ0v) is 15.9. The Balaban J connectivity index is 1.84. The highest BCUT2D eigenvalue weighted by molar-refractivity contribution is 5.89. The Morgan fingerprint density at radius 3 is 2.70 bits per heavy atom. The van der Waals surface area contributed by atoms with Crippen molar-refractivity contribution in [1.82, 2.24) is 4.90 Å². The molecule has 1 aliphatic rings. The lowest BCUT2D eigenvalue weighted by Crippen LogP contribution is -2.33. The smallest absolute Gasteiger partial charge is 0.344 e. The molecule has 2 heterocycles. The van der Waals surface area contributed by atoms with Gasteiger partial charge in [0, 0.05) is 18.5 Å². The highest BCUT2D eigenvalue weighted by atomic mass is 16.4. The second kappa shape index (κ2) is 7.20. The minimum Gasteiger partial charge on any atom is -0.507 e. The number of hydrogen-bond donors (Lipinski definition) is 1. The fraction of sp³-hybridized carbons (Fsp3) is 0.348. The minimum atomic E-state index is -0.356. The molecule has 1 unspecified atom stereocenters. The summed E-state index contributed by atoms with van der Waals surface area (Å²) in [7, 11) is 0. The number of nitrogens with zero attached hydrogens (tertiary/aromatic N) is 1. The molecule has 0 amide bonds. The molecule has 0 aliphatic carbocycles. The average molecular weight is 363 g/mol. The maximum absolute atomic E-state index is 12.8. The van der Waals surface area contributed by atoms with Crippen LogP contribution >= 0.6 is 0 Å². The second-order valence-electron chi connectivity index (χ2n) is 7.68. The summed E-state index contributed by atoms with van der Waals surface area (Å²) in [6.45, 7) is 6.81. The number of phenols is 1. The lowest BCUT2D eigenvalue weighted by molar-refractivity contribution is 0.175. The van der Waals surface area contributed by atoms with Crippen LogP contribution in [0.1, 0.15) is 30.9 Å². The molecule has 4 nitrogen and oxygen atoms in total. The van der Waals surface area contributed by atoms with E-state index in [0.717, 1.165) is 36.0 Å². The predicted octanol–water partition coefficient (Wildman–Crippen LogP) is 4.71. The van der Waals surface area contributed by atoms with Gasteiger partial charge in [-0.2, -0.15) is 0 Å². The molecular weight excluding hydrogens is 338 g/mol. The van der Waals surface area contributed by atoms with Crippen molar-refractivity contribution in [3.05, 3.63) is 64.0 Å². The summed E-state index contributed by atoms with van der Waals surface area (Å²) >= 11 is 0. The lowest BCUT2D eigenvalue weighted by atomic mass is 9.97. The van der Waals surface area contributed by atoms with Gasteiger partial charge in [0.1, 0.15) is 11.3 Å². The normalized spacial score (nSPS) is 18.1. The van der Waals surface area contributed by atoms with Crippen LogP contribution in [0, 0.1) is 12.8 Å². The van der Waals surface area contributed by atoms with Gasteiger partial charge in [0.2, 0.25) is 0 Å². The molecule has 3 aromatic rings. The number of hydrogen-bond acceptors (Lipinski definition) is 4. The van der Waals surface area contributed by atoms with E-state index in [2.05, 4.69) is 11.8 Å². The number of piperidine rings is 1. The van der Waals surface area contributed by atoms with Crippen molar-refractivity contribution in [2.24, 2.45) is 5.92 Å². The van der Waals surface area contributed by atoms with Crippen molar-refractivity contribution in [3.63, 3.8) is 0 Å². The van der Waals surface area contributed by atoms with E-state index in [-0.39, 0.29) is 11.4 Å². The average Bonchev–Trinajstić information content (AvgIpc) is 2.65. The van der Waals surface area contributed by atoms with Gasteiger partial charge in [0.25, 0.3) is 0 Å². The second-order valence-corrected chi connectivity index (χ2v) is 7.68. The zero-order chi connectivity index (χ0) is 19.0. The molecule has 1 atom stereocenters. The number of benzene rings is 2. The van der Waals surface area contributed by atoms with E-state index < -0.39 is 0 Å². The largest absolute Gasteiger partial charge is 0.507 e. The highest BCUT2D eigenvalue weighted by Gasteiger charge is 2.22. The van der Waals surface area contributed by atoms with Crippen LogP contribution < -0.4 is 5.63 Å². The topological polar surface area (TPSA) is 53.7 Å². The Hall–Kier alpha value is -2.59. The summed E-state index contributed by atoms with van der Waals surface area (Å²) in [5.74, 6) is 0.838. The molecule has 1 aliphatic heterocycles. The summed E-state index contributed by atoms with van der Waals surface area (Å²) in [6, 6.07) is 13.2.